The molecule has 1 aliphatic heterocycles. The number of H-pyrrole nitrogens is 1. The van der Waals surface area contributed by atoms with E-state index < -0.39 is 0 Å². The molecule has 7 nitrogen and oxygen atoms in total. The van der Waals surface area contributed by atoms with Gasteiger partial charge >= 0.3 is 0 Å². The second kappa shape index (κ2) is 10.4. The Morgan fingerprint density at radius 2 is 1.97 bits per heavy atom. The molecular formula is C27H29N5O2. The molecule has 0 radical (unpaired) electrons. The van der Waals surface area contributed by atoms with Crippen LogP contribution in [-0.4, -0.2) is 46.3 Å². The quantitative estimate of drug-likeness (QED) is 0.343. The first kappa shape index (κ1) is 22.0. The van der Waals surface area contributed by atoms with Crippen molar-refractivity contribution in [1.29, 1.82) is 0 Å². The number of aromatic nitrogens is 3. The Morgan fingerprint density at radius 3 is 2.85 bits per heavy atom. The zero-order valence-electron chi connectivity index (χ0n) is 19.3. The van der Waals surface area contributed by atoms with Crippen molar-refractivity contribution < 1.29 is 9.47 Å². The van der Waals surface area contributed by atoms with Crippen LogP contribution in [0, 0.1) is 0 Å². The van der Waals surface area contributed by atoms with Crippen LogP contribution in [0.15, 0.2) is 79.3 Å². The number of rotatable bonds is 10. The maximum atomic E-state index is 5.78. The summed E-state index contributed by atoms with van der Waals surface area (Å²) >= 11 is 0. The number of aromatic amines is 1. The number of nitrogens with zero attached hydrogens (tertiary/aromatic N) is 3. The zero-order chi connectivity index (χ0) is 23.2. The summed E-state index contributed by atoms with van der Waals surface area (Å²) in [6.45, 7) is 2.34. The summed E-state index contributed by atoms with van der Waals surface area (Å²) in [7, 11) is 1.67. The molecule has 2 aromatic heterocycles. The lowest BCUT2D eigenvalue weighted by molar-refractivity contribution is 0.0450. The molecule has 3 heterocycles. The zero-order valence-corrected chi connectivity index (χ0v) is 19.3. The van der Waals surface area contributed by atoms with Gasteiger partial charge in [-0.1, -0.05) is 36.4 Å². The molecule has 7 heteroatoms. The molecule has 2 N–H and O–H groups in total. The molecule has 0 amide bonds. The molecule has 5 rings (SSSR count). The van der Waals surface area contributed by atoms with Gasteiger partial charge in [-0.2, -0.15) is 0 Å². The first-order chi connectivity index (χ1) is 16.8. The Morgan fingerprint density at radius 1 is 1.06 bits per heavy atom. The van der Waals surface area contributed by atoms with Crippen molar-refractivity contribution >= 4 is 11.0 Å². The van der Waals surface area contributed by atoms with Gasteiger partial charge in [-0.3, -0.25) is 4.98 Å². The van der Waals surface area contributed by atoms with Crippen molar-refractivity contribution in [2.75, 3.05) is 20.2 Å². The van der Waals surface area contributed by atoms with Gasteiger partial charge in [0, 0.05) is 38.3 Å². The minimum atomic E-state index is -0.0122. The SMILES string of the molecule is COc1cccnc1CN1C=COC1CCNCCc1nc2cc(-c3ccccc3)ccc2[nH]1. The molecule has 0 bridgehead atoms. The summed E-state index contributed by atoms with van der Waals surface area (Å²) in [4.78, 5) is 14.8. The van der Waals surface area contributed by atoms with Gasteiger partial charge in [0.25, 0.3) is 0 Å². The molecule has 174 valence electrons. The minimum Gasteiger partial charge on any atom is -0.495 e. The first-order valence-corrected chi connectivity index (χ1v) is 11.6. The average molecular weight is 456 g/mol. The molecular weight excluding hydrogens is 426 g/mol. The van der Waals surface area contributed by atoms with Crippen molar-refractivity contribution in [1.82, 2.24) is 25.2 Å². The number of imidazole rings is 1. The normalized spacial score (nSPS) is 15.1. The van der Waals surface area contributed by atoms with Gasteiger partial charge in [-0.25, -0.2) is 4.98 Å². The topological polar surface area (TPSA) is 75.3 Å². The van der Waals surface area contributed by atoms with E-state index in [0.29, 0.717) is 6.54 Å². The van der Waals surface area contributed by atoms with Crippen molar-refractivity contribution in [2.24, 2.45) is 0 Å². The summed E-state index contributed by atoms with van der Waals surface area (Å²) in [6.07, 6.45) is 7.20. The summed E-state index contributed by atoms with van der Waals surface area (Å²) in [5.41, 5.74) is 5.36. The highest BCUT2D eigenvalue weighted by Gasteiger charge is 2.22. The molecule has 1 aliphatic rings. The van der Waals surface area contributed by atoms with E-state index in [9.17, 15) is 0 Å². The largest absolute Gasteiger partial charge is 0.495 e. The Hall–Kier alpha value is -3.84. The monoisotopic (exact) mass is 455 g/mol. The van der Waals surface area contributed by atoms with Crippen LogP contribution in [0.1, 0.15) is 17.9 Å². The van der Waals surface area contributed by atoms with Gasteiger partial charge in [0.15, 0.2) is 6.23 Å². The van der Waals surface area contributed by atoms with E-state index in [1.54, 1.807) is 19.6 Å². The van der Waals surface area contributed by atoms with E-state index >= 15 is 0 Å². The molecule has 4 aromatic rings. The molecule has 0 saturated carbocycles. The van der Waals surface area contributed by atoms with Crippen LogP contribution in [0.5, 0.6) is 5.75 Å². The van der Waals surface area contributed by atoms with E-state index in [1.165, 1.54) is 11.1 Å². The van der Waals surface area contributed by atoms with Crippen LogP contribution in [0.3, 0.4) is 0 Å². The summed E-state index contributed by atoms with van der Waals surface area (Å²) < 4.78 is 11.2. The number of hydrogen-bond acceptors (Lipinski definition) is 6. The van der Waals surface area contributed by atoms with Gasteiger partial charge < -0.3 is 24.7 Å². The standard InChI is InChI=1S/C27H29N5O2/c1-33-25-8-5-13-29-24(25)19-32-16-17-34-27(32)12-15-28-14-11-26-30-22-10-9-21(18-23(22)31-26)20-6-3-2-4-7-20/h2-10,13,16-18,27-28H,11-12,14-15,19H2,1H3,(H,30,31). The van der Waals surface area contributed by atoms with E-state index in [4.69, 9.17) is 14.5 Å². The predicted octanol–water partition coefficient (Wildman–Crippen LogP) is 4.49. The van der Waals surface area contributed by atoms with Gasteiger partial charge in [0.2, 0.25) is 0 Å². The molecule has 1 unspecified atom stereocenters. The minimum absolute atomic E-state index is 0.0122. The number of methoxy groups -OCH3 is 1. The van der Waals surface area contributed by atoms with E-state index in [0.717, 1.165) is 54.2 Å². The molecule has 2 aromatic carbocycles. The highest BCUT2D eigenvalue weighted by atomic mass is 16.5. The molecule has 0 aliphatic carbocycles. The van der Waals surface area contributed by atoms with Crippen molar-refractivity contribution in [2.45, 2.75) is 25.6 Å². The van der Waals surface area contributed by atoms with Crippen LogP contribution < -0.4 is 10.1 Å². The summed E-state index contributed by atoms with van der Waals surface area (Å²) in [6, 6.07) is 20.6. The third kappa shape index (κ3) is 5.05. The van der Waals surface area contributed by atoms with Crippen molar-refractivity contribution in [3.8, 4) is 16.9 Å². The number of ether oxygens (including phenoxy) is 2. The van der Waals surface area contributed by atoms with E-state index in [1.807, 2.05) is 24.4 Å². The molecule has 34 heavy (non-hydrogen) atoms. The van der Waals surface area contributed by atoms with Crippen molar-refractivity contribution in [3.05, 3.63) is 90.8 Å². The summed E-state index contributed by atoms with van der Waals surface area (Å²) in [5, 5.41) is 3.51. The highest BCUT2D eigenvalue weighted by Crippen LogP contribution is 2.24. The lowest BCUT2D eigenvalue weighted by Crippen LogP contribution is -2.32. The Balaban J connectivity index is 1.10. The lowest BCUT2D eigenvalue weighted by atomic mass is 10.1. The fraction of sp³-hybridized carbons (Fsp3) is 0.259. The number of nitrogens with one attached hydrogen (secondary N) is 2. The lowest BCUT2D eigenvalue weighted by Gasteiger charge is -2.24. The van der Waals surface area contributed by atoms with Crippen molar-refractivity contribution in [3.63, 3.8) is 0 Å². The summed E-state index contributed by atoms with van der Waals surface area (Å²) in [5.74, 6) is 1.79. The van der Waals surface area contributed by atoms with Gasteiger partial charge in [0.05, 0.1) is 24.7 Å². The van der Waals surface area contributed by atoms with Crippen LogP contribution in [0.25, 0.3) is 22.2 Å². The third-order valence-electron chi connectivity index (χ3n) is 6.00. The Bertz CT molecular complexity index is 1250. The second-order valence-electron chi connectivity index (χ2n) is 8.27. The molecule has 0 spiro atoms. The second-order valence-corrected chi connectivity index (χ2v) is 8.27. The fourth-order valence-corrected chi connectivity index (χ4v) is 4.21. The number of fused-ring (bicyclic) bond motifs is 1. The van der Waals surface area contributed by atoms with Crippen LogP contribution in [0.4, 0.5) is 0 Å². The van der Waals surface area contributed by atoms with E-state index in [-0.39, 0.29) is 6.23 Å². The number of hydrogen-bond donors (Lipinski definition) is 2. The van der Waals surface area contributed by atoms with Crippen LogP contribution >= 0.6 is 0 Å². The predicted molar refractivity (Wildman–Crippen MR) is 133 cm³/mol. The number of pyridine rings is 1. The smallest absolute Gasteiger partial charge is 0.172 e. The molecule has 0 saturated heterocycles. The maximum absolute atomic E-state index is 5.78. The van der Waals surface area contributed by atoms with Crippen LogP contribution in [-0.2, 0) is 17.7 Å². The molecule has 0 fully saturated rings. The van der Waals surface area contributed by atoms with Gasteiger partial charge in [-0.15, -0.1) is 0 Å². The number of benzene rings is 2. The first-order valence-electron chi connectivity index (χ1n) is 11.6. The van der Waals surface area contributed by atoms with Gasteiger partial charge in [0.1, 0.15) is 23.5 Å². The third-order valence-corrected chi connectivity index (χ3v) is 6.00. The average Bonchev–Trinajstić information content (AvgIpc) is 3.50. The van der Waals surface area contributed by atoms with Crippen LogP contribution in [0.2, 0.25) is 0 Å². The highest BCUT2D eigenvalue weighted by molar-refractivity contribution is 5.81. The maximum Gasteiger partial charge on any atom is 0.172 e. The Labute approximate surface area is 199 Å². The van der Waals surface area contributed by atoms with Gasteiger partial charge in [-0.05, 0) is 35.4 Å². The fourth-order valence-electron chi connectivity index (χ4n) is 4.21. The molecule has 1 atom stereocenters. The van der Waals surface area contributed by atoms with E-state index in [2.05, 4.69) is 62.6 Å². The Kier molecular flexibility index (Phi) is 6.72.